The normalized spacial score (nSPS) is 10.3. The second-order valence-corrected chi connectivity index (χ2v) is 4.62. The fourth-order valence-corrected chi connectivity index (χ4v) is 1.75. The molecule has 0 bridgehead atoms. The van der Waals surface area contributed by atoms with Crippen LogP contribution in [0.5, 0.6) is 0 Å². The first-order valence-electron chi connectivity index (χ1n) is 5.06. The van der Waals surface area contributed by atoms with E-state index in [1.807, 2.05) is 25.1 Å². The van der Waals surface area contributed by atoms with Gasteiger partial charge in [0.15, 0.2) is 5.69 Å². The molecule has 0 atom stereocenters. The van der Waals surface area contributed by atoms with E-state index in [1.165, 1.54) is 6.26 Å². The molecule has 5 heteroatoms. The molecule has 0 saturated carbocycles. The van der Waals surface area contributed by atoms with Crippen LogP contribution in [0.25, 0.3) is 0 Å². The maximum Gasteiger partial charge on any atom is 0.278 e. The number of nitrogens with zero attached hydrogens (tertiary/aromatic N) is 1. The number of carbonyl (C=O) groups is 1. The third-order valence-electron chi connectivity index (χ3n) is 2.39. The standard InChI is InChI=1S/C12H11BrN2O2/c1-7-3-4-9(5-10(7)13)14-12(16)11-8(2)6-17-15-11/h3-6H,1-2H3,(H,14,16). The summed E-state index contributed by atoms with van der Waals surface area (Å²) in [6.45, 7) is 3.76. The van der Waals surface area contributed by atoms with Gasteiger partial charge in [-0.1, -0.05) is 27.2 Å². The van der Waals surface area contributed by atoms with Crippen molar-refractivity contribution in [3.63, 3.8) is 0 Å². The first-order valence-corrected chi connectivity index (χ1v) is 5.85. The van der Waals surface area contributed by atoms with E-state index in [0.29, 0.717) is 11.3 Å². The molecule has 2 rings (SSSR count). The van der Waals surface area contributed by atoms with Crippen LogP contribution in [-0.4, -0.2) is 11.1 Å². The van der Waals surface area contributed by atoms with Gasteiger partial charge in [-0.15, -0.1) is 0 Å². The summed E-state index contributed by atoms with van der Waals surface area (Å²) in [5.41, 5.74) is 2.85. The van der Waals surface area contributed by atoms with E-state index in [-0.39, 0.29) is 5.91 Å². The number of carbonyl (C=O) groups excluding carboxylic acids is 1. The summed E-state index contributed by atoms with van der Waals surface area (Å²) in [6, 6.07) is 5.62. The SMILES string of the molecule is Cc1ccc(NC(=O)c2nocc2C)cc1Br. The molecular formula is C12H11BrN2O2. The Bertz CT molecular complexity index is 563. The number of hydrogen-bond acceptors (Lipinski definition) is 3. The van der Waals surface area contributed by atoms with Gasteiger partial charge in [-0.2, -0.15) is 0 Å². The zero-order valence-corrected chi connectivity index (χ0v) is 11.0. The number of nitrogens with one attached hydrogen (secondary N) is 1. The fourth-order valence-electron chi connectivity index (χ4n) is 1.37. The van der Waals surface area contributed by atoms with Gasteiger partial charge in [0.25, 0.3) is 5.91 Å². The molecule has 1 heterocycles. The zero-order valence-electron chi connectivity index (χ0n) is 9.45. The number of amides is 1. The van der Waals surface area contributed by atoms with Crippen molar-refractivity contribution in [3.8, 4) is 0 Å². The second-order valence-electron chi connectivity index (χ2n) is 3.76. The lowest BCUT2D eigenvalue weighted by Gasteiger charge is -2.05. The van der Waals surface area contributed by atoms with Gasteiger partial charge in [0.1, 0.15) is 6.26 Å². The fraction of sp³-hybridized carbons (Fsp3) is 0.167. The van der Waals surface area contributed by atoms with Crippen molar-refractivity contribution in [2.45, 2.75) is 13.8 Å². The predicted molar refractivity (Wildman–Crippen MR) is 68.1 cm³/mol. The molecule has 0 aliphatic rings. The van der Waals surface area contributed by atoms with Crippen LogP contribution in [0.4, 0.5) is 5.69 Å². The van der Waals surface area contributed by atoms with E-state index < -0.39 is 0 Å². The minimum Gasteiger partial charge on any atom is -0.364 e. The summed E-state index contributed by atoms with van der Waals surface area (Å²) in [5, 5.41) is 6.41. The van der Waals surface area contributed by atoms with Gasteiger partial charge < -0.3 is 9.84 Å². The maximum atomic E-state index is 11.8. The number of rotatable bonds is 2. The lowest BCUT2D eigenvalue weighted by molar-refractivity contribution is 0.101. The minimum atomic E-state index is -0.271. The molecule has 0 radical (unpaired) electrons. The number of aromatic nitrogens is 1. The minimum absolute atomic E-state index is 0.271. The van der Waals surface area contributed by atoms with Crippen LogP contribution < -0.4 is 5.32 Å². The van der Waals surface area contributed by atoms with Gasteiger partial charge in [-0.3, -0.25) is 4.79 Å². The van der Waals surface area contributed by atoms with Crippen LogP contribution in [0.3, 0.4) is 0 Å². The van der Waals surface area contributed by atoms with Crippen LogP contribution in [0.15, 0.2) is 33.5 Å². The summed E-state index contributed by atoms with van der Waals surface area (Å²) >= 11 is 3.41. The van der Waals surface area contributed by atoms with Gasteiger partial charge in [0, 0.05) is 15.7 Å². The Labute approximate surface area is 107 Å². The molecule has 0 aliphatic heterocycles. The number of halogens is 1. The lowest BCUT2D eigenvalue weighted by Crippen LogP contribution is -2.13. The first kappa shape index (κ1) is 11.9. The van der Waals surface area contributed by atoms with E-state index >= 15 is 0 Å². The molecular weight excluding hydrogens is 284 g/mol. The third kappa shape index (κ3) is 2.55. The maximum absolute atomic E-state index is 11.8. The topological polar surface area (TPSA) is 55.1 Å². The van der Waals surface area contributed by atoms with Gasteiger partial charge in [-0.25, -0.2) is 0 Å². The summed E-state index contributed by atoms with van der Waals surface area (Å²) in [5.74, 6) is -0.271. The highest BCUT2D eigenvalue weighted by Gasteiger charge is 2.13. The lowest BCUT2D eigenvalue weighted by atomic mass is 10.2. The Hall–Kier alpha value is -1.62. The van der Waals surface area contributed by atoms with Crippen molar-refractivity contribution in [2.75, 3.05) is 5.32 Å². The Morgan fingerprint density at radius 1 is 1.35 bits per heavy atom. The highest BCUT2D eigenvalue weighted by atomic mass is 79.9. The average molecular weight is 295 g/mol. The van der Waals surface area contributed by atoms with Crippen molar-refractivity contribution in [1.82, 2.24) is 5.16 Å². The monoisotopic (exact) mass is 294 g/mol. The van der Waals surface area contributed by atoms with Crippen LogP contribution in [0.2, 0.25) is 0 Å². The largest absolute Gasteiger partial charge is 0.364 e. The Morgan fingerprint density at radius 3 is 2.71 bits per heavy atom. The van der Waals surface area contributed by atoms with Gasteiger partial charge >= 0.3 is 0 Å². The smallest absolute Gasteiger partial charge is 0.278 e. The van der Waals surface area contributed by atoms with Crippen molar-refractivity contribution in [1.29, 1.82) is 0 Å². The van der Waals surface area contributed by atoms with Crippen LogP contribution >= 0.6 is 15.9 Å². The number of anilines is 1. The molecule has 1 aromatic carbocycles. The first-order chi connectivity index (χ1) is 8.08. The molecule has 0 unspecified atom stereocenters. The molecule has 0 saturated heterocycles. The second kappa shape index (κ2) is 4.71. The summed E-state index contributed by atoms with van der Waals surface area (Å²) < 4.78 is 5.68. The van der Waals surface area contributed by atoms with Gasteiger partial charge in [0.2, 0.25) is 0 Å². The molecule has 1 amide bonds. The number of aryl methyl sites for hydroxylation is 2. The Balaban J connectivity index is 2.19. The van der Waals surface area contributed by atoms with E-state index in [2.05, 4.69) is 26.4 Å². The molecule has 0 aliphatic carbocycles. The van der Waals surface area contributed by atoms with Crippen molar-refractivity contribution in [2.24, 2.45) is 0 Å². The molecule has 2 aromatic rings. The van der Waals surface area contributed by atoms with Gasteiger partial charge in [0.05, 0.1) is 0 Å². The summed E-state index contributed by atoms with van der Waals surface area (Å²) in [4.78, 5) is 11.8. The highest BCUT2D eigenvalue weighted by molar-refractivity contribution is 9.10. The van der Waals surface area contributed by atoms with E-state index in [1.54, 1.807) is 6.92 Å². The molecule has 17 heavy (non-hydrogen) atoms. The van der Waals surface area contributed by atoms with E-state index in [9.17, 15) is 4.79 Å². The van der Waals surface area contributed by atoms with E-state index in [4.69, 9.17) is 4.52 Å². The Kier molecular flexibility index (Phi) is 3.28. The summed E-state index contributed by atoms with van der Waals surface area (Å²) in [7, 11) is 0. The quantitative estimate of drug-likeness (QED) is 0.924. The molecule has 0 fully saturated rings. The van der Waals surface area contributed by atoms with Crippen LogP contribution in [0.1, 0.15) is 21.6 Å². The molecule has 1 N–H and O–H groups in total. The van der Waals surface area contributed by atoms with Gasteiger partial charge in [-0.05, 0) is 31.5 Å². The van der Waals surface area contributed by atoms with E-state index in [0.717, 1.165) is 15.7 Å². The van der Waals surface area contributed by atoms with Crippen LogP contribution in [0, 0.1) is 13.8 Å². The predicted octanol–water partition coefficient (Wildman–Crippen LogP) is 3.31. The molecule has 4 nitrogen and oxygen atoms in total. The Morgan fingerprint density at radius 2 is 2.12 bits per heavy atom. The zero-order chi connectivity index (χ0) is 12.4. The number of benzene rings is 1. The van der Waals surface area contributed by atoms with Crippen molar-refractivity contribution < 1.29 is 9.32 Å². The molecule has 0 spiro atoms. The average Bonchev–Trinajstić information content (AvgIpc) is 2.70. The molecule has 88 valence electrons. The summed E-state index contributed by atoms with van der Waals surface area (Å²) in [6.07, 6.45) is 1.44. The number of hydrogen-bond donors (Lipinski definition) is 1. The van der Waals surface area contributed by atoms with Crippen LogP contribution in [-0.2, 0) is 0 Å². The van der Waals surface area contributed by atoms with Crippen molar-refractivity contribution >= 4 is 27.5 Å². The molecule has 1 aromatic heterocycles. The van der Waals surface area contributed by atoms with Crippen molar-refractivity contribution in [3.05, 3.63) is 45.8 Å². The third-order valence-corrected chi connectivity index (χ3v) is 3.25. The highest BCUT2D eigenvalue weighted by Crippen LogP contribution is 2.21.